The fraction of sp³-hybridized carbons (Fsp3) is 0.500. The van der Waals surface area contributed by atoms with Crippen molar-refractivity contribution in [3.05, 3.63) is 35.8 Å². The van der Waals surface area contributed by atoms with Gasteiger partial charge in [0, 0.05) is 24.7 Å². The summed E-state index contributed by atoms with van der Waals surface area (Å²) in [6, 6.07) is 9.45. The maximum Gasteiger partial charge on any atom is 0.384 e. The average Bonchev–Trinajstić information content (AvgIpc) is 3.42. The van der Waals surface area contributed by atoms with Crippen LogP contribution in [0.2, 0.25) is 38.3 Å². The Morgan fingerprint density at radius 1 is 0.750 bits per heavy atom. The Hall–Kier alpha value is -2.51. The van der Waals surface area contributed by atoms with Crippen LogP contribution in [0.1, 0.15) is 25.4 Å². The van der Waals surface area contributed by atoms with E-state index in [1.54, 1.807) is 0 Å². The standard InChI is InChI=1S/C24H34O6Si2/c1-7-19-9-13-23(29-19)31(3,4)17-15-27-21(25)11-12-22(26)28-16-18-32(5,6)24-14-10-20(8-2)30-24/h9-10,13-14H,7-8,15-18H2,1-6H3. The molecule has 32 heavy (non-hydrogen) atoms. The predicted octanol–water partition coefficient (Wildman–Crippen LogP) is 3.62. The second kappa shape index (κ2) is 11.4. The van der Waals surface area contributed by atoms with Crippen LogP contribution in [0.5, 0.6) is 0 Å². The molecule has 0 aromatic carbocycles. The van der Waals surface area contributed by atoms with Crippen LogP contribution >= 0.6 is 0 Å². The summed E-state index contributed by atoms with van der Waals surface area (Å²) in [4.78, 5) is 23.7. The van der Waals surface area contributed by atoms with E-state index in [-0.39, 0.29) is 13.2 Å². The minimum absolute atomic E-state index is 0.243. The fourth-order valence-electron chi connectivity index (χ4n) is 3.08. The lowest BCUT2D eigenvalue weighted by molar-refractivity contribution is -0.138. The molecule has 0 unspecified atom stereocenters. The molecule has 0 saturated heterocycles. The first-order valence-electron chi connectivity index (χ1n) is 11.1. The summed E-state index contributed by atoms with van der Waals surface area (Å²) in [5.41, 5.74) is 0. The molecule has 0 bridgehead atoms. The Balaban J connectivity index is 1.73. The molecule has 0 saturated carbocycles. The molecule has 0 atom stereocenters. The van der Waals surface area contributed by atoms with Crippen molar-refractivity contribution in [2.45, 2.75) is 65.0 Å². The van der Waals surface area contributed by atoms with E-state index in [1.807, 2.05) is 38.1 Å². The Morgan fingerprint density at radius 2 is 1.12 bits per heavy atom. The van der Waals surface area contributed by atoms with Crippen LogP contribution in [0.3, 0.4) is 0 Å². The summed E-state index contributed by atoms with van der Waals surface area (Å²) in [5.74, 6) is 4.90. The van der Waals surface area contributed by atoms with Crippen LogP contribution in [0.25, 0.3) is 0 Å². The first kappa shape index (κ1) is 25.8. The topological polar surface area (TPSA) is 78.9 Å². The van der Waals surface area contributed by atoms with Crippen molar-refractivity contribution in [2.24, 2.45) is 0 Å². The summed E-state index contributed by atoms with van der Waals surface area (Å²) in [5, 5.41) is 1.99. The highest BCUT2D eigenvalue weighted by atomic mass is 28.3. The maximum absolute atomic E-state index is 11.9. The van der Waals surface area contributed by atoms with Crippen molar-refractivity contribution in [3.8, 4) is 11.8 Å². The van der Waals surface area contributed by atoms with Gasteiger partial charge >= 0.3 is 11.9 Å². The van der Waals surface area contributed by atoms with Gasteiger partial charge in [-0.05, 0) is 36.4 Å². The zero-order valence-corrected chi connectivity index (χ0v) is 22.0. The second-order valence-corrected chi connectivity index (χ2v) is 18.5. The molecule has 2 aromatic rings. The van der Waals surface area contributed by atoms with Gasteiger partial charge in [0.15, 0.2) is 0 Å². The zero-order valence-electron chi connectivity index (χ0n) is 20.0. The van der Waals surface area contributed by atoms with Gasteiger partial charge in [0.2, 0.25) is 0 Å². The predicted molar refractivity (Wildman–Crippen MR) is 130 cm³/mol. The van der Waals surface area contributed by atoms with Gasteiger partial charge in [-0.3, -0.25) is 0 Å². The summed E-state index contributed by atoms with van der Waals surface area (Å²) in [6.07, 6.45) is 1.71. The van der Waals surface area contributed by atoms with E-state index in [4.69, 9.17) is 18.3 Å². The molecule has 0 radical (unpaired) electrons. The van der Waals surface area contributed by atoms with Crippen LogP contribution in [0.4, 0.5) is 0 Å². The molecule has 0 aliphatic carbocycles. The molecule has 0 fully saturated rings. The highest BCUT2D eigenvalue weighted by Gasteiger charge is 2.28. The number of carbonyl (C=O) groups excluding carboxylic acids is 2. The lowest BCUT2D eigenvalue weighted by Crippen LogP contribution is -2.41. The number of hydrogen-bond acceptors (Lipinski definition) is 6. The molecule has 2 rings (SSSR count). The van der Waals surface area contributed by atoms with E-state index in [1.165, 1.54) is 0 Å². The van der Waals surface area contributed by atoms with Crippen molar-refractivity contribution in [2.75, 3.05) is 13.2 Å². The normalized spacial score (nSPS) is 11.6. The molecular formula is C24H34O6Si2. The first-order valence-corrected chi connectivity index (χ1v) is 17.5. The van der Waals surface area contributed by atoms with E-state index in [9.17, 15) is 9.59 Å². The van der Waals surface area contributed by atoms with Crippen molar-refractivity contribution in [1.29, 1.82) is 0 Å². The molecule has 0 amide bonds. The SMILES string of the molecule is CCc1ccc([Si](C)(C)CCOC(=O)C#CC(=O)OCC[Si](C)(C)c2ccc(CC)o2)o1. The molecule has 2 aromatic heterocycles. The third kappa shape index (κ3) is 7.57. The van der Waals surface area contributed by atoms with Crippen LogP contribution in [-0.2, 0) is 31.9 Å². The van der Waals surface area contributed by atoms with Crippen LogP contribution in [-0.4, -0.2) is 41.3 Å². The minimum atomic E-state index is -1.84. The average molecular weight is 475 g/mol. The number of esters is 2. The highest BCUT2D eigenvalue weighted by molar-refractivity contribution is 6.89. The van der Waals surface area contributed by atoms with Gasteiger partial charge in [0.05, 0.1) is 24.0 Å². The summed E-state index contributed by atoms with van der Waals surface area (Å²) in [6.45, 7) is 13.2. The fourth-order valence-corrected chi connectivity index (χ4v) is 6.68. The summed E-state index contributed by atoms with van der Waals surface area (Å²) < 4.78 is 22.1. The quantitative estimate of drug-likeness (QED) is 0.226. The highest BCUT2D eigenvalue weighted by Crippen LogP contribution is 2.14. The van der Waals surface area contributed by atoms with Gasteiger partial charge in [-0.2, -0.15) is 0 Å². The third-order valence-corrected chi connectivity index (χ3v) is 11.7. The van der Waals surface area contributed by atoms with Crippen molar-refractivity contribution >= 4 is 38.9 Å². The van der Waals surface area contributed by atoms with Gasteiger partial charge in [-0.1, -0.05) is 40.0 Å². The van der Waals surface area contributed by atoms with E-state index >= 15 is 0 Å². The smallest absolute Gasteiger partial charge is 0.384 e. The number of furan rings is 2. The molecule has 0 spiro atoms. The van der Waals surface area contributed by atoms with Crippen molar-refractivity contribution < 1.29 is 27.9 Å². The van der Waals surface area contributed by atoms with Gasteiger partial charge in [-0.15, -0.1) is 0 Å². The Labute approximate surface area is 192 Å². The number of hydrogen-bond donors (Lipinski definition) is 0. The first-order chi connectivity index (χ1) is 15.1. The largest absolute Gasteiger partial charge is 0.471 e. The summed E-state index contributed by atoms with van der Waals surface area (Å²) >= 11 is 0. The number of ether oxygens (including phenoxy) is 2. The van der Waals surface area contributed by atoms with Gasteiger partial charge in [-0.25, -0.2) is 9.59 Å². The van der Waals surface area contributed by atoms with Gasteiger partial charge in [0.1, 0.15) is 27.7 Å². The molecule has 2 heterocycles. The van der Waals surface area contributed by atoms with Crippen LogP contribution in [0.15, 0.2) is 33.1 Å². The number of carbonyl (C=O) groups is 2. The lowest BCUT2D eigenvalue weighted by Gasteiger charge is -2.19. The van der Waals surface area contributed by atoms with E-state index < -0.39 is 28.1 Å². The van der Waals surface area contributed by atoms with E-state index in [2.05, 4.69) is 38.0 Å². The molecular weight excluding hydrogens is 440 g/mol. The molecule has 0 aliphatic heterocycles. The molecule has 6 nitrogen and oxygen atoms in total. The Kier molecular flexibility index (Phi) is 9.16. The molecule has 0 N–H and O–H groups in total. The molecule has 0 aliphatic rings. The monoisotopic (exact) mass is 474 g/mol. The van der Waals surface area contributed by atoms with Crippen molar-refractivity contribution in [3.63, 3.8) is 0 Å². The lowest BCUT2D eigenvalue weighted by atomic mass is 10.4. The van der Waals surface area contributed by atoms with Crippen molar-refractivity contribution in [1.82, 2.24) is 0 Å². The summed E-state index contributed by atoms with van der Waals surface area (Å²) in [7, 11) is -3.68. The minimum Gasteiger partial charge on any atom is -0.471 e. The second-order valence-electron chi connectivity index (χ2n) is 9.03. The number of rotatable bonds is 10. The van der Waals surface area contributed by atoms with E-state index in [0.717, 1.165) is 35.1 Å². The van der Waals surface area contributed by atoms with Gasteiger partial charge < -0.3 is 18.3 Å². The van der Waals surface area contributed by atoms with Gasteiger partial charge in [0.25, 0.3) is 0 Å². The number of aryl methyl sites for hydroxylation is 2. The van der Waals surface area contributed by atoms with E-state index in [0.29, 0.717) is 12.1 Å². The zero-order chi connectivity index (χ0) is 23.8. The third-order valence-electron chi connectivity index (χ3n) is 5.54. The Morgan fingerprint density at radius 3 is 1.44 bits per heavy atom. The Bertz CT molecular complexity index is 898. The maximum atomic E-state index is 11.9. The van der Waals surface area contributed by atoms with Crippen LogP contribution < -0.4 is 10.8 Å². The molecule has 174 valence electrons. The van der Waals surface area contributed by atoms with Crippen LogP contribution in [0, 0.1) is 11.8 Å². The molecule has 8 heteroatoms.